The Kier molecular flexibility index (Phi) is 9.19. The van der Waals surface area contributed by atoms with Crippen LogP contribution in [0.25, 0.3) is 0 Å². The highest BCUT2D eigenvalue weighted by Gasteiger charge is 2.24. The van der Waals surface area contributed by atoms with Crippen LogP contribution in [0.5, 0.6) is 0 Å². The smallest absolute Gasteiger partial charge is 0.169 e. The molecule has 1 saturated carbocycles. The summed E-state index contributed by atoms with van der Waals surface area (Å²) in [6.07, 6.45) is 7.57. The Morgan fingerprint density at radius 1 is 1.35 bits per heavy atom. The Bertz CT molecular complexity index is 265. The van der Waals surface area contributed by atoms with Crippen LogP contribution in [-0.4, -0.2) is 42.4 Å². The van der Waals surface area contributed by atoms with E-state index < -0.39 is 0 Å². The standard InChI is InChI=1S/C16H32N2OS/c1-4-19-13-7-11-17-16(20)18(12-10-14(2)3)15-8-5-6-9-15/h14-15H,4-13H2,1-3H3,(H,17,20). The van der Waals surface area contributed by atoms with E-state index in [1.807, 2.05) is 6.92 Å². The van der Waals surface area contributed by atoms with Crippen molar-refractivity contribution in [3.05, 3.63) is 0 Å². The number of ether oxygens (including phenoxy) is 1. The van der Waals surface area contributed by atoms with Crippen molar-refractivity contribution < 1.29 is 4.74 Å². The first-order valence-corrected chi connectivity index (χ1v) is 8.68. The number of hydrogen-bond donors (Lipinski definition) is 1. The van der Waals surface area contributed by atoms with E-state index in [1.54, 1.807) is 0 Å². The second-order valence-electron chi connectivity index (χ2n) is 6.10. The molecule has 0 aromatic heterocycles. The maximum atomic E-state index is 5.62. The van der Waals surface area contributed by atoms with Crippen LogP contribution in [0, 0.1) is 5.92 Å². The molecule has 1 fully saturated rings. The third kappa shape index (κ3) is 6.89. The third-order valence-corrected chi connectivity index (χ3v) is 4.30. The van der Waals surface area contributed by atoms with Gasteiger partial charge in [-0.1, -0.05) is 26.7 Å². The molecule has 1 rings (SSSR count). The van der Waals surface area contributed by atoms with Gasteiger partial charge in [0.2, 0.25) is 0 Å². The van der Waals surface area contributed by atoms with Gasteiger partial charge in [-0.05, 0) is 50.7 Å². The van der Waals surface area contributed by atoms with Gasteiger partial charge in [0.05, 0.1) is 0 Å². The molecule has 0 atom stereocenters. The monoisotopic (exact) mass is 300 g/mol. The second kappa shape index (κ2) is 10.4. The summed E-state index contributed by atoms with van der Waals surface area (Å²) in [7, 11) is 0. The van der Waals surface area contributed by atoms with E-state index in [1.165, 1.54) is 32.1 Å². The van der Waals surface area contributed by atoms with Crippen molar-refractivity contribution in [1.29, 1.82) is 0 Å². The lowest BCUT2D eigenvalue weighted by molar-refractivity contribution is 0.145. The number of nitrogens with zero attached hydrogens (tertiary/aromatic N) is 1. The van der Waals surface area contributed by atoms with Crippen molar-refractivity contribution in [2.24, 2.45) is 5.92 Å². The van der Waals surface area contributed by atoms with Crippen molar-refractivity contribution in [3.8, 4) is 0 Å². The highest BCUT2D eigenvalue weighted by Crippen LogP contribution is 2.24. The predicted octanol–water partition coefficient (Wildman–Crippen LogP) is 3.58. The molecule has 0 aliphatic heterocycles. The highest BCUT2D eigenvalue weighted by atomic mass is 32.1. The van der Waals surface area contributed by atoms with Crippen molar-refractivity contribution in [2.75, 3.05) is 26.3 Å². The van der Waals surface area contributed by atoms with Crippen molar-refractivity contribution in [1.82, 2.24) is 10.2 Å². The molecule has 0 saturated heterocycles. The van der Waals surface area contributed by atoms with Crippen LogP contribution in [0.2, 0.25) is 0 Å². The van der Waals surface area contributed by atoms with Crippen LogP contribution in [-0.2, 0) is 4.74 Å². The minimum Gasteiger partial charge on any atom is -0.382 e. The molecule has 0 aromatic carbocycles. The SMILES string of the molecule is CCOCCCNC(=S)N(CCC(C)C)C1CCCC1. The van der Waals surface area contributed by atoms with E-state index in [0.29, 0.717) is 6.04 Å². The van der Waals surface area contributed by atoms with Gasteiger partial charge < -0.3 is 15.0 Å². The summed E-state index contributed by atoms with van der Waals surface area (Å²) in [6, 6.07) is 0.667. The van der Waals surface area contributed by atoms with E-state index in [4.69, 9.17) is 17.0 Å². The molecule has 3 nitrogen and oxygen atoms in total. The molecule has 1 aliphatic carbocycles. The van der Waals surface area contributed by atoms with Gasteiger partial charge in [0.25, 0.3) is 0 Å². The molecule has 4 heteroatoms. The fourth-order valence-corrected chi connectivity index (χ4v) is 3.02. The molecule has 0 amide bonds. The molecular weight excluding hydrogens is 268 g/mol. The molecule has 0 bridgehead atoms. The van der Waals surface area contributed by atoms with Crippen LogP contribution < -0.4 is 5.32 Å². The molecule has 118 valence electrons. The van der Waals surface area contributed by atoms with Gasteiger partial charge in [-0.15, -0.1) is 0 Å². The predicted molar refractivity (Wildman–Crippen MR) is 90.1 cm³/mol. The van der Waals surface area contributed by atoms with E-state index in [2.05, 4.69) is 24.1 Å². The maximum absolute atomic E-state index is 5.62. The van der Waals surface area contributed by atoms with Gasteiger partial charge in [-0.2, -0.15) is 0 Å². The molecule has 1 N–H and O–H groups in total. The fraction of sp³-hybridized carbons (Fsp3) is 0.938. The van der Waals surface area contributed by atoms with E-state index >= 15 is 0 Å². The molecule has 0 heterocycles. The van der Waals surface area contributed by atoms with Gasteiger partial charge in [-0.25, -0.2) is 0 Å². The topological polar surface area (TPSA) is 24.5 Å². The number of nitrogens with one attached hydrogen (secondary N) is 1. The van der Waals surface area contributed by atoms with Gasteiger partial charge in [0.15, 0.2) is 5.11 Å². The van der Waals surface area contributed by atoms with Crippen LogP contribution in [0.15, 0.2) is 0 Å². The average molecular weight is 301 g/mol. The fourth-order valence-electron chi connectivity index (χ4n) is 2.68. The van der Waals surface area contributed by atoms with Gasteiger partial charge in [-0.3, -0.25) is 0 Å². The number of thiocarbonyl (C=S) groups is 1. The van der Waals surface area contributed by atoms with E-state index in [0.717, 1.165) is 43.8 Å². The largest absolute Gasteiger partial charge is 0.382 e. The van der Waals surface area contributed by atoms with Crippen LogP contribution >= 0.6 is 12.2 Å². The molecule has 0 aromatic rings. The second-order valence-corrected chi connectivity index (χ2v) is 6.48. The summed E-state index contributed by atoms with van der Waals surface area (Å²) >= 11 is 5.62. The zero-order chi connectivity index (χ0) is 14.8. The Morgan fingerprint density at radius 2 is 2.05 bits per heavy atom. The van der Waals surface area contributed by atoms with E-state index in [-0.39, 0.29) is 0 Å². The highest BCUT2D eigenvalue weighted by molar-refractivity contribution is 7.80. The molecular formula is C16H32N2OS. The molecule has 0 unspecified atom stereocenters. The van der Waals surface area contributed by atoms with E-state index in [9.17, 15) is 0 Å². The Labute approximate surface area is 130 Å². The normalized spacial score (nSPS) is 15.8. The Balaban J connectivity index is 2.34. The van der Waals surface area contributed by atoms with Crippen molar-refractivity contribution in [2.45, 2.75) is 65.3 Å². The van der Waals surface area contributed by atoms with Crippen LogP contribution in [0.1, 0.15) is 59.3 Å². The summed E-state index contributed by atoms with van der Waals surface area (Å²) < 4.78 is 5.36. The zero-order valence-corrected chi connectivity index (χ0v) is 14.3. The minimum atomic E-state index is 0.667. The lowest BCUT2D eigenvalue weighted by Gasteiger charge is -2.32. The first kappa shape index (κ1) is 17.7. The minimum absolute atomic E-state index is 0.667. The molecule has 1 aliphatic rings. The summed E-state index contributed by atoms with van der Waals surface area (Å²) in [4.78, 5) is 2.45. The zero-order valence-electron chi connectivity index (χ0n) is 13.5. The summed E-state index contributed by atoms with van der Waals surface area (Å²) in [5.41, 5.74) is 0. The molecule has 20 heavy (non-hydrogen) atoms. The number of rotatable bonds is 9. The first-order chi connectivity index (χ1) is 9.65. The Hall–Kier alpha value is -0.350. The average Bonchev–Trinajstić information content (AvgIpc) is 2.92. The van der Waals surface area contributed by atoms with Crippen LogP contribution in [0.4, 0.5) is 0 Å². The van der Waals surface area contributed by atoms with Crippen LogP contribution in [0.3, 0.4) is 0 Å². The first-order valence-electron chi connectivity index (χ1n) is 8.27. The lowest BCUT2D eigenvalue weighted by Crippen LogP contribution is -2.46. The molecule has 0 radical (unpaired) electrons. The maximum Gasteiger partial charge on any atom is 0.169 e. The lowest BCUT2D eigenvalue weighted by atomic mass is 10.1. The van der Waals surface area contributed by atoms with Crippen molar-refractivity contribution >= 4 is 17.3 Å². The third-order valence-electron chi connectivity index (χ3n) is 3.92. The van der Waals surface area contributed by atoms with Crippen molar-refractivity contribution in [3.63, 3.8) is 0 Å². The van der Waals surface area contributed by atoms with Gasteiger partial charge in [0.1, 0.15) is 0 Å². The quantitative estimate of drug-likeness (QED) is 0.519. The number of hydrogen-bond acceptors (Lipinski definition) is 2. The summed E-state index contributed by atoms with van der Waals surface area (Å²) in [6.45, 7) is 10.2. The van der Waals surface area contributed by atoms with Gasteiger partial charge >= 0.3 is 0 Å². The van der Waals surface area contributed by atoms with Gasteiger partial charge in [0, 0.05) is 32.3 Å². The summed E-state index contributed by atoms with van der Waals surface area (Å²) in [5.74, 6) is 0.736. The summed E-state index contributed by atoms with van der Waals surface area (Å²) in [5, 5.41) is 4.37. The molecule has 0 spiro atoms. The Morgan fingerprint density at radius 3 is 2.65 bits per heavy atom.